The summed E-state index contributed by atoms with van der Waals surface area (Å²) in [5, 5.41) is 0.487. The number of rotatable bonds is 5. The van der Waals surface area contributed by atoms with E-state index in [4.69, 9.17) is 21.1 Å². The number of ketones is 1. The third kappa shape index (κ3) is 4.20. The van der Waals surface area contributed by atoms with Crippen LogP contribution in [-0.2, 0) is 0 Å². The van der Waals surface area contributed by atoms with E-state index in [0.29, 0.717) is 27.5 Å². The molecule has 2 aromatic rings. The van der Waals surface area contributed by atoms with Gasteiger partial charge >= 0.3 is 6.61 Å². The van der Waals surface area contributed by atoms with Crippen molar-refractivity contribution in [2.24, 2.45) is 0 Å². The van der Waals surface area contributed by atoms with Crippen LogP contribution in [0.2, 0.25) is 5.02 Å². The van der Waals surface area contributed by atoms with Gasteiger partial charge in [0.1, 0.15) is 0 Å². The van der Waals surface area contributed by atoms with E-state index in [9.17, 15) is 13.6 Å². The zero-order chi connectivity index (χ0) is 19.6. The van der Waals surface area contributed by atoms with Gasteiger partial charge in [-0.05, 0) is 42.0 Å². The summed E-state index contributed by atoms with van der Waals surface area (Å²) in [5.41, 5.74) is 1.67. The Balaban J connectivity index is 2.01. The average molecular weight is 413 g/mol. The van der Waals surface area contributed by atoms with Gasteiger partial charge in [0.2, 0.25) is 5.75 Å². The Morgan fingerprint density at radius 1 is 1.15 bits per heavy atom. The highest BCUT2D eigenvalue weighted by atomic mass is 35.5. The van der Waals surface area contributed by atoms with Gasteiger partial charge in [-0.15, -0.1) is 11.8 Å². The predicted molar refractivity (Wildman–Crippen MR) is 101 cm³/mol. The molecule has 4 nitrogen and oxygen atoms in total. The van der Waals surface area contributed by atoms with Crippen LogP contribution >= 0.6 is 23.4 Å². The molecular formula is C19H15ClF2O4S. The standard InChI is InChI=1S/C19H15ClF2O4S/c1-24-14-6-10(7-15(25-2)18(14)26-19(21)22)5-11-9-27-16-4-3-12(20)8-13(16)17(11)23/h3-8,19H,9H2,1-2H3/b11-5+. The average Bonchev–Trinajstić information content (AvgIpc) is 2.64. The van der Waals surface area contributed by atoms with Crippen LogP contribution in [0, 0.1) is 0 Å². The minimum absolute atomic E-state index is 0.0841. The van der Waals surface area contributed by atoms with Crippen molar-refractivity contribution in [3.63, 3.8) is 0 Å². The number of ether oxygens (including phenoxy) is 3. The Labute approximate surface area is 164 Å². The van der Waals surface area contributed by atoms with Crippen molar-refractivity contribution in [1.82, 2.24) is 0 Å². The number of halogens is 3. The zero-order valence-corrected chi connectivity index (χ0v) is 16.0. The van der Waals surface area contributed by atoms with Crippen LogP contribution in [-0.4, -0.2) is 32.4 Å². The molecule has 2 aromatic carbocycles. The fourth-order valence-corrected chi connectivity index (χ4v) is 3.87. The quantitative estimate of drug-likeness (QED) is 0.621. The fraction of sp³-hybridized carbons (Fsp3) is 0.211. The van der Waals surface area contributed by atoms with Crippen molar-refractivity contribution < 1.29 is 27.8 Å². The molecule has 142 valence electrons. The van der Waals surface area contributed by atoms with Gasteiger partial charge in [0, 0.05) is 26.8 Å². The first-order valence-electron chi connectivity index (χ1n) is 7.81. The van der Waals surface area contributed by atoms with E-state index in [1.54, 1.807) is 18.2 Å². The van der Waals surface area contributed by atoms with Gasteiger partial charge in [-0.25, -0.2) is 0 Å². The van der Waals surface area contributed by atoms with E-state index < -0.39 is 6.61 Å². The number of Topliss-reactive ketones (excluding diaryl/α,β-unsaturated/α-hetero) is 1. The maximum Gasteiger partial charge on any atom is 0.387 e. The van der Waals surface area contributed by atoms with Crippen LogP contribution < -0.4 is 14.2 Å². The van der Waals surface area contributed by atoms with Crippen LogP contribution in [0.15, 0.2) is 40.8 Å². The second-order valence-electron chi connectivity index (χ2n) is 5.56. The molecule has 0 saturated heterocycles. The molecule has 0 bridgehead atoms. The lowest BCUT2D eigenvalue weighted by molar-refractivity contribution is -0.0526. The van der Waals surface area contributed by atoms with E-state index in [1.807, 2.05) is 6.07 Å². The number of alkyl halides is 2. The van der Waals surface area contributed by atoms with Crippen LogP contribution in [0.4, 0.5) is 8.78 Å². The highest BCUT2D eigenvalue weighted by Gasteiger charge is 2.24. The van der Waals surface area contributed by atoms with E-state index in [2.05, 4.69) is 4.74 Å². The van der Waals surface area contributed by atoms with Crippen LogP contribution in [0.1, 0.15) is 15.9 Å². The summed E-state index contributed by atoms with van der Waals surface area (Å²) < 4.78 is 40.1. The molecule has 0 N–H and O–H groups in total. The largest absolute Gasteiger partial charge is 0.493 e. The molecule has 0 aromatic heterocycles. The highest BCUT2D eigenvalue weighted by molar-refractivity contribution is 7.99. The Bertz CT molecular complexity index is 890. The molecule has 0 fully saturated rings. The molecule has 1 heterocycles. The molecule has 0 spiro atoms. The van der Waals surface area contributed by atoms with Gasteiger partial charge in [-0.2, -0.15) is 8.78 Å². The second kappa shape index (κ2) is 8.19. The minimum Gasteiger partial charge on any atom is -0.493 e. The van der Waals surface area contributed by atoms with Gasteiger partial charge in [-0.1, -0.05) is 11.6 Å². The van der Waals surface area contributed by atoms with Crippen molar-refractivity contribution in [3.8, 4) is 17.2 Å². The van der Waals surface area contributed by atoms with E-state index in [1.165, 1.54) is 38.1 Å². The zero-order valence-electron chi connectivity index (χ0n) is 14.4. The topological polar surface area (TPSA) is 44.8 Å². The SMILES string of the molecule is COc1cc(/C=C2\CSc3ccc(Cl)cc3C2=O)cc(OC)c1OC(F)F. The number of carbonyl (C=O) groups is 1. The van der Waals surface area contributed by atoms with Crippen molar-refractivity contribution in [1.29, 1.82) is 0 Å². The first-order chi connectivity index (χ1) is 12.9. The summed E-state index contributed by atoms with van der Waals surface area (Å²) in [4.78, 5) is 13.6. The molecular weight excluding hydrogens is 398 g/mol. The van der Waals surface area contributed by atoms with Gasteiger partial charge in [-0.3, -0.25) is 4.79 Å². The van der Waals surface area contributed by atoms with Crippen molar-refractivity contribution in [3.05, 3.63) is 52.1 Å². The third-order valence-electron chi connectivity index (χ3n) is 3.89. The molecule has 0 amide bonds. The Hall–Kier alpha value is -2.25. The lowest BCUT2D eigenvalue weighted by Crippen LogP contribution is -2.12. The molecule has 1 aliphatic rings. The Morgan fingerprint density at radius 2 is 1.81 bits per heavy atom. The van der Waals surface area contributed by atoms with Gasteiger partial charge in [0.15, 0.2) is 17.3 Å². The number of thioether (sulfide) groups is 1. The first kappa shape index (κ1) is 19.5. The van der Waals surface area contributed by atoms with Gasteiger partial charge in [0.05, 0.1) is 14.2 Å². The third-order valence-corrected chi connectivity index (χ3v) is 5.25. The molecule has 3 rings (SSSR count). The second-order valence-corrected chi connectivity index (χ2v) is 7.01. The van der Waals surface area contributed by atoms with E-state index in [0.717, 1.165) is 4.90 Å². The van der Waals surface area contributed by atoms with Crippen LogP contribution in [0.3, 0.4) is 0 Å². The summed E-state index contributed by atoms with van der Waals surface area (Å²) in [6.07, 6.45) is 1.68. The molecule has 0 aliphatic carbocycles. The molecule has 0 atom stereocenters. The lowest BCUT2D eigenvalue weighted by atomic mass is 10.0. The van der Waals surface area contributed by atoms with E-state index in [-0.39, 0.29) is 23.0 Å². The Morgan fingerprint density at radius 3 is 2.41 bits per heavy atom. The van der Waals surface area contributed by atoms with Gasteiger partial charge < -0.3 is 14.2 Å². The predicted octanol–water partition coefficient (Wildman–Crippen LogP) is 5.33. The van der Waals surface area contributed by atoms with Crippen LogP contribution in [0.25, 0.3) is 6.08 Å². The summed E-state index contributed by atoms with van der Waals surface area (Å²) in [6.45, 7) is -3.02. The summed E-state index contributed by atoms with van der Waals surface area (Å²) in [6, 6.07) is 8.23. The fourth-order valence-electron chi connectivity index (χ4n) is 2.70. The summed E-state index contributed by atoms with van der Waals surface area (Å²) in [7, 11) is 2.67. The molecule has 0 saturated carbocycles. The van der Waals surface area contributed by atoms with Crippen molar-refractivity contribution >= 4 is 35.2 Å². The molecule has 1 aliphatic heterocycles. The van der Waals surface area contributed by atoms with Crippen molar-refractivity contribution in [2.75, 3.05) is 20.0 Å². The molecule has 0 radical (unpaired) electrons. The normalized spacial score (nSPS) is 15.0. The van der Waals surface area contributed by atoms with E-state index >= 15 is 0 Å². The number of fused-ring (bicyclic) bond motifs is 1. The number of hydrogen-bond acceptors (Lipinski definition) is 5. The maximum absolute atomic E-state index is 12.8. The Kier molecular flexibility index (Phi) is 5.92. The minimum atomic E-state index is -3.02. The first-order valence-corrected chi connectivity index (χ1v) is 9.17. The van der Waals surface area contributed by atoms with Crippen LogP contribution in [0.5, 0.6) is 17.2 Å². The van der Waals surface area contributed by atoms with Gasteiger partial charge in [0.25, 0.3) is 0 Å². The highest BCUT2D eigenvalue weighted by Crippen LogP contribution is 2.41. The molecule has 0 unspecified atom stereocenters. The number of carbonyl (C=O) groups excluding carboxylic acids is 1. The smallest absolute Gasteiger partial charge is 0.387 e. The van der Waals surface area contributed by atoms with Crippen molar-refractivity contribution in [2.45, 2.75) is 11.5 Å². The lowest BCUT2D eigenvalue weighted by Gasteiger charge is -2.18. The molecule has 27 heavy (non-hydrogen) atoms. The number of hydrogen-bond donors (Lipinski definition) is 0. The number of benzene rings is 2. The maximum atomic E-state index is 12.8. The number of methoxy groups -OCH3 is 2. The monoisotopic (exact) mass is 412 g/mol. The molecule has 8 heteroatoms. The summed E-state index contributed by atoms with van der Waals surface area (Å²) in [5.74, 6) is 0.324. The summed E-state index contributed by atoms with van der Waals surface area (Å²) >= 11 is 7.52.